The molecule has 0 bridgehead atoms. The fraction of sp³-hybridized carbons (Fsp3) is 0.238. The number of thioether (sulfide) groups is 1. The van der Waals surface area contributed by atoms with E-state index in [9.17, 15) is 9.59 Å². The molecule has 1 aromatic heterocycles. The molecule has 2 aromatic carbocycles. The molecule has 0 aliphatic heterocycles. The third kappa shape index (κ3) is 5.52. The summed E-state index contributed by atoms with van der Waals surface area (Å²) in [6.07, 6.45) is 2.74. The van der Waals surface area contributed by atoms with Crippen molar-refractivity contribution in [2.75, 3.05) is 18.6 Å². The maximum Gasteiger partial charge on any atom is 0.287 e. The molecular formula is C21H22N2O5S. The summed E-state index contributed by atoms with van der Waals surface area (Å²) in [7, 11) is 0. The molecule has 7 nitrogen and oxygen atoms in total. The summed E-state index contributed by atoms with van der Waals surface area (Å²) in [5, 5.41) is 12.5. The first-order chi connectivity index (χ1) is 14.1. The molecule has 0 aliphatic carbocycles. The highest BCUT2D eigenvalue weighted by atomic mass is 32.2. The molecule has 3 rings (SSSR count). The summed E-state index contributed by atoms with van der Waals surface area (Å²) in [6, 6.07) is 15.4. The first-order valence-corrected chi connectivity index (χ1v) is 10.5. The van der Waals surface area contributed by atoms with Crippen LogP contribution in [-0.4, -0.2) is 41.7 Å². The van der Waals surface area contributed by atoms with Crippen molar-refractivity contribution in [3.8, 4) is 5.75 Å². The maximum absolute atomic E-state index is 12.6. The number of rotatable bonds is 9. The Morgan fingerprint density at radius 2 is 1.90 bits per heavy atom. The van der Waals surface area contributed by atoms with E-state index in [-0.39, 0.29) is 24.3 Å². The first kappa shape index (κ1) is 20.8. The smallest absolute Gasteiger partial charge is 0.287 e. The summed E-state index contributed by atoms with van der Waals surface area (Å²) in [5.41, 5.74) is 2.57. The molecule has 0 saturated heterocycles. The van der Waals surface area contributed by atoms with Gasteiger partial charge in [0.1, 0.15) is 17.9 Å². The third-order valence-corrected chi connectivity index (χ3v) is 4.97. The van der Waals surface area contributed by atoms with E-state index in [2.05, 4.69) is 5.32 Å². The lowest BCUT2D eigenvalue weighted by atomic mass is 10.2. The average molecular weight is 414 g/mol. The predicted octanol–water partition coefficient (Wildman–Crippen LogP) is 3.48. The lowest BCUT2D eigenvalue weighted by Gasteiger charge is -2.18. The highest BCUT2D eigenvalue weighted by molar-refractivity contribution is 7.98. The van der Waals surface area contributed by atoms with Gasteiger partial charge < -0.3 is 14.5 Å². The fourth-order valence-electron chi connectivity index (χ4n) is 2.77. The molecule has 3 aromatic rings. The number of carbonyl (C=O) groups excluding carboxylic acids is 2. The quantitative estimate of drug-likeness (QED) is 0.366. The van der Waals surface area contributed by atoms with Gasteiger partial charge in [-0.25, -0.2) is 5.48 Å². The van der Waals surface area contributed by atoms with Gasteiger partial charge in [-0.2, -0.15) is 11.8 Å². The van der Waals surface area contributed by atoms with Crippen LogP contribution < -0.4 is 15.5 Å². The van der Waals surface area contributed by atoms with Crippen LogP contribution in [0.2, 0.25) is 0 Å². The molecule has 29 heavy (non-hydrogen) atoms. The molecule has 1 atom stereocenters. The number of furan rings is 1. The molecule has 152 valence electrons. The largest absolute Gasteiger partial charge is 0.491 e. The molecule has 0 radical (unpaired) electrons. The van der Waals surface area contributed by atoms with Gasteiger partial charge in [-0.1, -0.05) is 18.2 Å². The summed E-state index contributed by atoms with van der Waals surface area (Å²) in [4.78, 5) is 24.0. The summed E-state index contributed by atoms with van der Waals surface area (Å²) < 4.78 is 11.4. The minimum Gasteiger partial charge on any atom is -0.491 e. The van der Waals surface area contributed by atoms with Crippen LogP contribution >= 0.6 is 11.8 Å². The van der Waals surface area contributed by atoms with Crippen molar-refractivity contribution < 1.29 is 24.0 Å². The second kappa shape index (κ2) is 9.99. The van der Waals surface area contributed by atoms with Gasteiger partial charge in [-0.05, 0) is 54.8 Å². The SMILES string of the molecule is CSCC[C@@H](COc1ccc(C(=O)NO)cc1)NC(=O)c1cc2ccccc2o1. The number of fused-ring (bicyclic) bond motifs is 1. The average Bonchev–Trinajstić information content (AvgIpc) is 3.20. The lowest BCUT2D eigenvalue weighted by Crippen LogP contribution is -2.39. The van der Waals surface area contributed by atoms with Gasteiger partial charge in [0, 0.05) is 10.9 Å². The van der Waals surface area contributed by atoms with E-state index < -0.39 is 5.91 Å². The van der Waals surface area contributed by atoms with Crippen LogP contribution in [0.15, 0.2) is 59.0 Å². The molecule has 3 N–H and O–H groups in total. The van der Waals surface area contributed by atoms with Crippen molar-refractivity contribution in [1.29, 1.82) is 0 Å². The zero-order chi connectivity index (χ0) is 20.6. The van der Waals surface area contributed by atoms with E-state index in [0.29, 0.717) is 16.9 Å². The Labute approximate surface area is 172 Å². The van der Waals surface area contributed by atoms with Crippen LogP contribution in [0.3, 0.4) is 0 Å². The number of hydroxylamine groups is 1. The first-order valence-electron chi connectivity index (χ1n) is 9.06. The minimum absolute atomic E-state index is 0.205. The molecule has 0 saturated carbocycles. The number of benzene rings is 2. The minimum atomic E-state index is -0.590. The van der Waals surface area contributed by atoms with Crippen molar-refractivity contribution in [2.24, 2.45) is 0 Å². The van der Waals surface area contributed by atoms with E-state index in [1.54, 1.807) is 47.6 Å². The molecule has 2 amide bonds. The second-order valence-electron chi connectivity index (χ2n) is 6.38. The van der Waals surface area contributed by atoms with Gasteiger partial charge in [0.25, 0.3) is 11.8 Å². The molecule has 0 unspecified atom stereocenters. The zero-order valence-electron chi connectivity index (χ0n) is 15.9. The molecular weight excluding hydrogens is 392 g/mol. The molecule has 0 fully saturated rings. The van der Waals surface area contributed by atoms with Gasteiger partial charge >= 0.3 is 0 Å². The lowest BCUT2D eigenvalue weighted by molar-refractivity contribution is 0.0706. The van der Waals surface area contributed by atoms with Crippen molar-refractivity contribution >= 4 is 34.5 Å². The van der Waals surface area contributed by atoms with Gasteiger partial charge in [-0.3, -0.25) is 14.8 Å². The summed E-state index contributed by atoms with van der Waals surface area (Å²) in [5.74, 6) is 0.814. The predicted molar refractivity (Wildman–Crippen MR) is 112 cm³/mol. The van der Waals surface area contributed by atoms with Crippen LogP contribution in [0.25, 0.3) is 11.0 Å². The van der Waals surface area contributed by atoms with Crippen LogP contribution in [0, 0.1) is 0 Å². The number of hydrogen-bond donors (Lipinski definition) is 3. The Hall–Kier alpha value is -2.97. The zero-order valence-corrected chi connectivity index (χ0v) is 16.7. The number of amides is 2. The third-order valence-electron chi connectivity index (χ3n) is 4.32. The summed E-state index contributed by atoms with van der Waals surface area (Å²) >= 11 is 1.69. The fourth-order valence-corrected chi connectivity index (χ4v) is 3.29. The number of nitrogens with one attached hydrogen (secondary N) is 2. The highest BCUT2D eigenvalue weighted by Crippen LogP contribution is 2.19. The van der Waals surface area contributed by atoms with Crippen LogP contribution in [0.4, 0.5) is 0 Å². The van der Waals surface area contributed by atoms with Crippen molar-refractivity contribution in [3.05, 3.63) is 65.9 Å². The number of ether oxygens (including phenoxy) is 1. The van der Waals surface area contributed by atoms with E-state index in [4.69, 9.17) is 14.4 Å². The van der Waals surface area contributed by atoms with E-state index in [1.165, 1.54) is 0 Å². The van der Waals surface area contributed by atoms with Crippen molar-refractivity contribution in [2.45, 2.75) is 12.5 Å². The molecule has 0 aliphatic rings. The Morgan fingerprint density at radius 3 is 2.59 bits per heavy atom. The van der Waals surface area contributed by atoms with Crippen LogP contribution in [-0.2, 0) is 0 Å². The highest BCUT2D eigenvalue weighted by Gasteiger charge is 2.18. The van der Waals surface area contributed by atoms with Gasteiger partial charge in [-0.15, -0.1) is 0 Å². The Morgan fingerprint density at radius 1 is 1.14 bits per heavy atom. The Bertz CT molecular complexity index is 938. The molecule has 0 spiro atoms. The molecule has 8 heteroatoms. The Balaban J connectivity index is 1.62. The summed E-state index contributed by atoms with van der Waals surface area (Å²) in [6.45, 7) is 0.276. The number of para-hydroxylation sites is 1. The normalized spacial score (nSPS) is 11.8. The topological polar surface area (TPSA) is 101 Å². The number of carbonyl (C=O) groups is 2. The van der Waals surface area contributed by atoms with Gasteiger partial charge in [0.2, 0.25) is 0 Å². The maximum atomic E-state index is 12.6. The van der Waals surface area contributed by atoms with Crippen LogP contribution in [0.5, 0.6) is 5.75 Å². The van der Waals surface area contributed by atoms with Gasteiger partial charge in [0.15, 0.2) is 5.76 Å². The van der Waals surface area contributed by atoms with E-state index >= 15 is 0 Å². The van der Waals surface area contributed by atoms with Crippen LogP contribution in [0.1, 0.15) is 27.3 Å². The molecule has 1 heterocycles. The Kier molecular flexibility index (Phi) is 7.15. The standard InChI is InChI=1S/C21H22N2O5S/c1-29-11-10-16(13-27-17-8-6-14(7-9-17)20(24)23-26)22-21(25)19-12-15-4-2-3-5-18(15)28-19/h2-9,12,16,26H,10-11,13H2,1H3,(H,22,25)(H,23,24)/t16-/m0/s1. The van der Waals surface area contributed by atoms with Crippen molar-refractivity contribution in [1.82, 2.24) is 10.8 Å². The van der Waals surface area contributed by atoms with E-state index in [1.807, 2.05) is 30.5 Å². The number of hydrogen-bond acceptors (Lipinski definition) is 6. The monoisotopic (exact) mass is 414 g/mol. The van der Waals surface area contributed by atoms with E-state index in [0.717, 1.165) is 17.6 Å². The van der Waals surface area contributed by atoms with Crippen molar-refractivity contribution in [3.63, 3.8) is 0 Å². The van der Waals surface area contributed by atoms with Gasteiger partial charge in [0.05, 0.1) is 6.04 Å². The second-order valence-corrected chi connectivity index (χ2v) is 7.36.